The van der Waals surface area contributed by atoms with Gasteiger partial charge in [-0.2, -0.15) is 0 Å². The molecule has 2 aromatic rings. The first kappa shape index (κ1) is 23.3. The number of rotatable bonds is 5. The number of aryl methyl sites for hydroxylation is 4. The number of aliphatic hydroxyl groups excluding tert-OH is 2. The van der Waals surface area contributed by atoms with Crippen LogP contribution >= 0.6 is 0 Å². The first-order chi connectivity index (χ1) is 12.1. The minimum absolute atomic E-state index is 1.06. The van der Waals surface area contributed by atoms with Crippen molar-refractivity contribution < 1.29 is 39.1 Å². The largest absolute Gasteiger partial charge is 0.547 e. The highest BCUT2D eigenvalue weighted by molar-refractivity contribution is 5.80. The van der Waals surface area contributed by atoms with Crippen LogP contribution in [0.5, 0.6) is 0 Å². The Bertz CT molecular complexity index is 624. The Morgan fingerprint density at radius 1 is 0.885 bits per heavy atom. The molecule has 0 aliphatic heterocycles. The van der Waals surface area contributed by atoms with Crippen molar-refractivity contribution in [1.29, 1.82) is 0 Å². The normalized spacial score (nSPS) is 12.1. The lowest BCUT2D eigenvalue weighted by atomic mass is 10.2. The van der Waals surface area contributed by atoms with E-state index < -0.39 is 24.1 Å². The molecule has 0 saturated heterocycles. The van der Waals surface area contributed by atoms with E-state index in [2.05, 4.69) is 48.0 Å². The van der Waals surface area contributed by atoms with Gasteiger partial charge in [-0.25, -0.2) is 18.3 Å². The second-order valence-electron chi connectivity index (χ2n) is 5.35. The summed E-state index contributed by atoms with van der Waals surface area (Å²) in [6, 6.07) is 0. The fraction of sp³-hybridized carbons (Fsp3) is 0.500. The van der Waals surface area contributed by atoms with Gasteiger partial charge in [0.1, 0.15) is 37.0 Å². The van der Waals surface area contributed by atoms with E-state index in [1.54, 1.807) is 0 Å². The van der Waals surface area contributed by atoms with Crippen LogP contribution in [-0.2, 0) is 36.8 Å². The summed E-state index contributed by atoms with van der Waals surface area (Å²) in [7, 11) is 4.04. The minimum atomic E-state index is -2.44. The van der Waals surface area contributed by atoms with Gasteiger partial charge in [-0.3, -0.25) is 0 Å². The van der Waals surface area contributed by atoms with Crippen LogP contribution in [0.2, 0.25) is 0 Å². The number of aliphatic carboxylic acids is 2. The zero-order chi connectivity index (χ0) is 20.3. The summed E-state index contributed by atoms with van der Waals surface area (Å²) in [6.45, 7) is 6.36. The maximum absolute atomic E-state index is 9.63. The number of hydrogen-bond acceptors (Lipinski definition) is 6. The van der Waals surface area contributed by atoms with Crippen molar-refractivity contribution in [3.63, 3.8) is 0 Å². The van der Waals surface area contributed by atoms with Gasteiger partial charge in [-0.05, 0) is 13.8 Å². The minimum Gasteiger partial charge on any atom is -0.547 e. The van der Waals surface area contributed by atoms with E-state index in [9.17, 15) is 19.8 Å². The van der Waals surface area contributed by atoms with E-state index in [0.717, 1.165) is 13.1 Å². The van der Waals surface area contributed by atoms with Crippen LogP contribution in [0.25, 0.3) is 0 Å². The number of carbonyl (C=O) groups is 2. The summed E-state index contributed by atoms with van der Waals surface area (Å²) in [5.41, 5.74) is 0. The molecule has 0 amide bonds. The van der Waals surface area contributed by atoms with Crippen molar-refractivity contribution >= 4 is 11.9 Å². The van der Waals surface area contributed by atoms with Crippen LogP contribution < -0.4 is 19.3 Å². The van der Waals surface area contributed by atoms with Gasteiger partial charge in [-0.15, -0.1) is 0 Å². The van der Waals surface area contributed by atoms with E-state index >= 15 is 0 Å². The lowest BCUT2D eigenvalue weighted by molar-refractivity contribution is -0.671. The van der Waals surface area contributed by atoms with Crippen molar-refractivity contribution in [2.24, 2.45) is 14.1 Å². The van der Waals surface area contributed by atoms with Crippen molar-refractivity contribution in [2.45, 2.75) is 39.1 Å². The Balaban J connectivity index is 0.000000363. The Morgan fingerprint density at radius 3 is 1.31 bits per heavy atom. The predicted octanol–water partition coefficient (Wildman–Crippen LogP) is -4.13. The molecule has 2 atom stereocenters. The summed E-state index contributed by atoms with van der Waals surface area (Å²) in [4.78, 5) is 19.3. The fourth-order valence-electron chi connectivity index (χ4n) is 1.64. The second kappa shape index (κ2) is 11.8. The molecule has 0 saturated carbocycles. The standard InChI is InChI=1S/2C6H11N2.C4H6O6/c2*1-3-8-5-4-7(2)6-8;5-1(3(7)8)2(6)4(9)10/h2*4-6H,3H2,1-2H3;1-2,5-6H,(H,7,8)(H,9,10)/q2*+1;/p-2/t;;1-,2-/m..1/s1. The quantitative estimate of drug-likeness (QED) is 0.513. The third-order valence-corrected chi connectivity index (χ3v) is 3.16. The van der Waals surface area contributed by atoms with Crippen molar-refractivity contribution in [3.05, 3.63) is 37.4 Å². The third kappa shape index (κ3) is 8.94. The van der Waals surface area contributed by atoms with Crippen LogP contribution in [0.15, 0.2) is 37.4 Å². The Hall–Kier alpha value is -2.72. The molecule has 146 valence electrons. The summed E-state index contributed by atoms with van der Waals surface area (Å²) in [5.74, 6) is -4.12. The zero-order valence-corrected chi connectivity index (χ0v) is 15.3. The lowest BCUT2D eigenvalue weighted by Gasteiger charge is -2.18. The maximum atomic E-state index is 9.63. The molecule has 0 aliphatic carbocycles. The number of imidazole rings is 2. The molecule has 2 N–H and O–H groups in total. The van der Waals surface area contributed by atoms with E-state index in [4.69, 9.17) is 10.2 Å². The van der Waals surface area contributed by atoms with Gasteiger partial charge in [0.05, 0.1) is 39.1 Å². The number of carbonyl (C=O) groups excluding carboxylic acids is 2. The topological polar surface area (TPSA) is 138 Å². The molecule has 0 unspecified atom stereocenters. The molecule has 2 heterocycles. The van der Waals surface area contributed by atoms with Gasteiger partial charge in [0.25, 0.3) is 0 Å². The van der Waals surface area contributed by atoms with Crippen LogP contribution in [0.4, 0.5) is 0 Å². The van der Waals surface area contributed by atoms with Gasteiger partial charge >= 0.3 is 0 Å². The van der Waals surface area contributed by atoms with Gasteiger partial charge in [-0.1, -0.05) is 0 Å². The first-order valence-corrected chi connectivity index (χ1v) is 7.92. The Morgan fingerprint density at radius 2 is 1.19 bits per heavy atom. The van der Waals surface area contributed by atoms with Gasteiger partial charge in [0.15, 0.2) is 0 Å². The van der Waals surface area contributed by atoms with Crippen molar-refractivity contribution in [3.8, 4) is 0 Å². The van der Waals surface area contributed by atoms with E-state index in [1.807, 2.05) is 35.6 Å². The molecule has 2 rings (SSSR count). The molecule has 0 aliphatic rings. The SMILES string of the molecule is CCn1cc[n+](C)c1.CCn1cc[n+](C)c1.O=C([O-])[C@H](O)[C@@H](O)C(=O)[O-]. The highest BCUT2D eigenvalue weighted by Gasteiger charge is 2.17. The lowest BCUT2D eigenvalue weighted by Crippen LogP contribution is -2.51. The number of nitrogens with zero attached hydrogens (tertiary/aromatic N) is 4. The number of aromatic nitrogens is 4. The monoisotopic (exact) mass is 370 g/mol. The molecular weight excluding hydrogens is 344 g/mol. The number of hydrogen-bond donors (Lipinski definition) is 2. The Labute approximate surface area is 151 Å². The smallest absolute Gasteiger partial charge is 0.243 e. The maximum Gasteiger partial charge on any atom is 0.243 e. The average Bonchev–Trinajstić information content (AvgIpc) is 3.22. The van der Waals surface area contributed by atoms with Gasteiger partial charge in [0, 0.05) is 0 Å². The molecule has 0 aromatic carbocycles. The van der Waals surface area contributed by atoms with Crippen LogP contribution in [0, 0.1) is 0 Å². The second-order valence-corrected chi connectivity index (χ2v) is 5.35. The summed E-state index contributed by atoms with van der Waals surface area (Å²) in [5, 5.41) is 35.7. The molecule has 2 aromatic heterocycles. The third-order valence-electron chi connectivity index (χ3n) is 3.16. The van der Waals surface area contributed by atoms with Crippen molar-refractivity contribution in [1.82, 2.24) is 9.13 Å². The highest BCUT2D eigenvalue weighted by Crippen LogP contribution is 1.89. The van der Waals surface area contributed by atoms with E-state index in [0.29, 0.717) is 0 Å². The molecule has 0 fully saturated rings. The van der Waals surface area contributed by atoms with E-state index in [1.165, 1.54) is 0 Å². The molecule has 26 heavy (non-hydrogen) atoms. The average molecular weight is 370 g/mol. The zero-order valence-electron chi connectivity index (χ0n) is 15.3. The number of carboxylic acids is 2. The van der Waals surface area contributed by atoms with Crippen LogP contribution in [-0.4, -0.2) is 43.5 Å². The van der Waals surface area contributed by atoms with Gasteiger partial charge in [0.2, 0.25) is 12.7 Å². The van der Waals surface area contributed by atoms with Gasteiger partial charge < -0.3 is 30.0 Å². The molecule has 0 radical (unpaired) electrons. The highest BCUT2D eigenvalue weighted by atomic mass is 16.4. The summed E-state index contributed by atoms with van der Waals surface area (Å²) >= 11 is 0. The molecule has 0 bridgehead atoms. The Kier molecular flexibility index (Phi) is 10.5. The number of carboxylic acid groups (broad SMARTS) is 2. The molecular formula is C16H26N4O6. The summed E-state index contributed by atoms with van der Waals surface area (Å²) in [6.07, 6.45) is 7.41. The molecule has 0 spiro atoms. The summed E-state index contributed by atoms with van der Waals surface area (Å²) < 4.78 is 8.31. The van der Waals surface area contributed by atoms with Crippen LogP contribution in [0.1, 0.15) is 13.8 Å². The van der Waals surface area contributed by atoms with E-state index in [-0.39, 0.29) is 0 Å². The first-order valence-electron chi connectivity index (χ1n) is 7.92. The molecule has 10 nitrogen and oxygen atoms in total. The number of aliphatic hydroxyl groups is 2. The van der Waals surface area contributed by atoms with Crippen LogP contribution in [0.3, 0.4) is 0 Å². The molecule has 10 heteroatoms. The fourth-order valence-corrected chi connectivity index (χ4v) is 1.64. The predicted molar refractivity (Wildman–Crippen MR) is 84.6 cm³/mol. The van der Waals surface area contributed by atoms with Crippen molar-refractivity contribution in [2.75, 3.05) is 0 Å².